The standard InChI is InChI=1S/C19H24N4O5/c1-4-13-12(7-8-14(24)25)17-22(9-10(2)3)18(27)15(19(28)23(17)21-13)16(26)20-11-5-6-11/h7-8,10-11,27H,4-6,9H2,1-3H3,(H,20,26)(H,24,25)/b8-7+. The number of aliphatic carboxylic acids is 1. The fourth-order valence-corrected chi connectivity index (χ4v) is 3.11. The van der Waals surface area contributed by atoms with Crippen LogP contribution in [0.15, 0.2) is 10.9 Å². The second kappa shape index (κ2) is 7.49. The lowest BCUT2D eigenvalue weighted by molar-refractivity contribution is -0.131. The Hall–Kier alpha value is -3.10. The van der Waals surface area contributed by atoms with Crippen LogP contribution in [0.1, 0.15) is 55.2 Å². The summed E-state index contributed by atoms with van der Waals surface area (Å²) in [5.74, 6) is -2.10. The van der Waals surface area contributed by atoms with Gasteiger partial charge >= 0.3 is 5.97 Å². The fraction of sp³-hybridized carbons (Fsp3) is 0.474. The molecule has 0 radical (unpaired) electrons. The lowest BCUT2D eigenvalue weighted by Crippen LogP contribution is -2.34. The molecule has 9 heteroatoms. The number of nitrogens with one attached hydrogen (secondary N) is 1. The Morgan fingerprint density at radius 2 is 2.04 bits per heavy atom. The molecule has 0 aliphatic heterocycles. The smallest absolute Gasteiger partial charge is 0.328 e. The van der Waals surface area contributed by atoms with E-state index in [1.54, 1.807) is 0 Å². The maximum absolute atomic E-state index is 13.0. The second-order valence-electron chi connectivity index (χ2n) is 7.38. The van der Waals surface area contributed by atoms with Gasteiger partial charge in [0.25, 0.3) is 11.5 Å². The topological polar surface area (TPSA) is 126 Å². The van der Waals surface area contributed by atoms with E-state index in [9.17, 15) is 19.5 Å². The monoisotopic (exact) mass is 388 g/mol. The molecule has 2 aromatic heterocycles. The molecule has 9 nitrogen and oxygen atoms in total. The van der Waals surface area contributed by atoms with Gasteiger partial charge in [-0.15, -0.1) is 0 Å². The van der Waals surface area contributed by atoms with Gasteiger partial charge in [-0.3, -0.25) is 14.2 Å². The largest absolute Gasteiger partial charge is 0.494 e. The number of rotatable bonds is 7. The molecule has 0 atom stereocenters. The van der Waals surface area contributed by atoms with Gasteiger partial charge < -0.3 is 15.5 Å². The van der Waals surface area contributed by atoms with Crippen molar-refractivity contribution in [3.63, 3.8) is 0 Å². The molecule has 3 rings (SSSR count). The van der Waals surface area contributed by atoms with Crippen molar-refractivity contribution in [2.24, 2.45) is 5.92 Å². The molecule has 1 fully saturated rings. The van der Waals surface area contributed by atoms with E-state index in [1.807, 2.05) is 20.8 Å². The van der Waals surface area contributed by atoms with E-state index in [-0.39, 0.29) is 23.2 Å². The van der Waals surface area contributed by atoms with E-state index in [4.69, 9.17) is 5.11 Å². The Kier molecular flexibility index (Phi) is 5.26. The number of aryl methyl sites for hydroxylation is 1. The van der Waals surface area contributed by atoms with Crippen molar-refractivity contribution in [3.8, 4) is 5.88 Å². The Morgan fingerprint density at radius 3 is 2.57 bits per heavy atom. The minimum absolute atomic E-state index is 0.0263. The zero-order valence-electron chi connectivity index (χ0n) is 16.1. The minimum Gasteiger partial charge on any atom is -0.494 e. The van der Waals surface area contributed by atoms with Gasteiger partial charge in [-0.05, 0) is 31.3 Å². The van der Waals surface area contributed by atoms with Crippen LogP contribution in [0.2, 0.25) is 0 Å². The molecular weight excluding hydrogens is 364 g/mol. The van der Waals surface area contributed by atoms with E-state index in [2.05, 4.69) is 10.4 Å². The number of aromatic hydroxyl groups is 1. The number of nitrogens with zero attached hydrogens (tertiary/aromatic N) is 3. The summed E-state index contributed by atoms with van der Waals surface area (Å²) in [7, 11) is 0. The predicted molar refractivity (Wildman–Crippen MR) is 102 cm³/mol. The van der Waals surface area contributed by atoms with Crippen LogP contribution in [0.5, 0.6) is 5.88 Å². The fourth-order valence-electron chi connectivity index (χ4n) is 3.11. The molecule has 3 N–H and O–H groups in total. The summed E-state index contributed by atoms with van der Waals surface area (Å²) < 4.78 is 2.55. The number of carboxylic acids is 1. The number of hydrogen-bond donors (Lipinski definition) is 3. The van der Waals surface area contributed by atoms with Crippen LogP contribution in [-0.4, -0.2) is 42.3 Å². The average Bonchev–Trinajstić information content (AvgIpc) is 3.34. The maximum Gasteiger partial charge on any atom is 0.328 e. The molecule has 1 saturated carbocycles. The highest BCUT2D eigenvalue weighted by atomic mass is 16.4. The number of carbonyl (C=O) groups is 2. The van der Waals surface area contributed by atoms with Crippen LogP contribution >= 0.6 is 0 Å². The Balaban J connectivity index is 2.32. The third-order valence-electron chi connectivity index (χ3n) is 4.53. The first-order chi connectivity index (χ1) is 13.2. The average molecular weight is 388 g/mol. The van der Waals surface area contributed by atoms with Crippen molar-refractivity contribution in [3.05, 3.63) is 33.3 Å². The van der Waals surface area contributed by atoms with Gasteiger partial charge in [0.05, 0.1) is 5.69 Å². The number of carbonyl (C=O) groups excluding carboxylic acids is 1. The van der Waals surface area contributed by atoms with Gasteiger partial charge in [0.2, 0.25) is 5.88 Å². The van der Waals surface area contributed by atoms with Gasteiger partial charge in [-0.2, -0.15) is 9.61 Å². The Bertz CT molecular complexity index is 1030. The van der Waals surface area contributed by atoms with Gasteiger partial charge in [0.1, 0.15) is 5.65 Å². The van der Waals surface area contributed by atoms with Crippen molar-refractivity contribution >= 4 is 23.6 Å². The van der Waals surface area contributed by atoms with E-state index < -0.39 is 23.3 Å². The van der Waals surface area contributed by atoms with E-state index >= 15 is 0 Å². The van der Waals surface area contributed by atoms with Gasteiger partial charge in [-0.1, -0.05) is 20.8 Å². The van der Waals surface area contributed by atoms with Crippen LogP contribution < -0.4 is 10.9 Å². The highest BCUT2D eigenvalue weighted by Gasteiger charge is 2.30. The SMILES string of the molecule is CCc1nn2c(=O)c(C(=O)NC3CC3)c(O)n(CC(C)C)c2c1/C=C/C(=O)O. The predicted octanol–water partition coefficient (Wildman–Crippen LogP) is 1.41. The number of fused-ring (bicyclic) bond motifs is 1. The van der Waals surface area contributed by atoms with Crippen LogP contribution in [0, 0.1) is 5.92 Å². The second-order valence-corrected chi connectivity index (χ2v) is 7.38. The molecule has 1 aliphatic rings. The third kappa shape index (κ3) is 3.64. The number of carboxylic acid groups (broad SMARTS) is 1. The molecule has 0 bridgehead atoms. The molecule has 1 aliphatic carbocycles. The minimum atomic E-state index is -1.14. The zero-order valence-corrected chi connectivity index (χ0v) is 16.1. The summed E-state index contributed by atoms with van der Waals surface area (Å²) >= 11 is 0. The molecule has 0 spiro atoms. The summed E-state index contributed by atoms with van der Waals surface area (Å²) in [6.07, 6.45) is 4.47. The molecule has 28 heavy (non-hydrogen) atoms. The van der Waals surface area contributed by atoms with Gasteiger partial charge in [-0.25, -0.2) is 4.79 Å². The summed E-state index contributed by atoms with van der Waals surface area (Å²) in [6, 6.07) is 0.0263. The summed E-state index contributed by atoms with van der Waals surface area (Å²) in [6.45, 7) is 6.02. The van der Waals surface area contributed by atoms with Gasteiger partial charge in [0.15, 0.2) is 5.56 Å². The van der Waals surface area contributed by atoms with Gasteiger partial charge in [0, 0.05) is 24.2 Å². The lowest BCUT2D eigenvalue weighted by atomic mass is 10.1. The molecule has 1 amide bonds. The first-order valence-electron chi connectivity index (χ1n) is 9.33. The number of aromatic nitrogens is 3. The van der Waals surface area contributed by atoms with Crippen molar-refractivity contribution in [1.82, 2.24) is 19.5 Å². The number of hydrogen-bond acceptors (Lipinski definition) is 5. The van der Waals surface area contributed by atoms with Crippen molar-refractivity contribution < 1.29 is 19.8 Å². The molecule has 2 heterocycles. The van der Waals surface area contributed by atoms with Crippen LogP contribution in [0.3, 0.4) is 0 Å². The highest BCUT2D eigenvalue weighted by Crippen LogP contribution is 2.26. The number of amides is 1. The van der Waals surface area contributed by atoms with E-state index in [0.29, 0.717) is 24.2 Å². The molecule has 0 unspecified atom stereocenters. The highest BCUT2D eigenvalue weighted by molar-refractivity contribution is 5.97. The molecular formula is C19H24N4O5. The molecule has 2 aromatic rings. The molecule has 0 aromatic carbocycles. The van der Waals surface area contributed by atoms with E-state index in [0.717, 1.165) is 23.4 Å². The quantitative estimate of drug-likeness (QED) is 0.616. The van der Waals surface area contributed by atoms with Crippen molar-refractivity contribution in [2.45, 2.75) is 52.6 Å². The first kappa shape index (κ1) is 19.7. The van der Waals surface area contributed by atoms with Crippen LogP contribution in [0.4, 0.5) is 0 Å². The normalized spacial score (nSPS) is 14.3. The molecule has 150 valence electrons. The first-order valence-corrected chi connectivity index (χ1v) is 9.33. The third-order valence-corrected chi connectivity index (χ3v) is 4.53. The summed E-state index contributed by atoms with van der Waals surface area (Å²) in [4.78, 5) is 36.5. The van der Waals surface area contributed by atoms with E-state index in [1.165, 1.54) is 10.6 Å². The van der Waals surface area contributed by atoms with Crippen LogP contribution in [-0.2, 0) is 17.8 Å². The lowest BCUT2D eigenvalue weighted by Gasteiger charge is -2.17. The van der Waals surface area contributed by atoms with Crippen molar-refractivity contribution in [1.29, 1.82) is 0 Å². The van der Waals surface area contributed by atoms with Crippen molar-refractivity contribution in [2.75, 3.05) is 0 Å². The summed E-state index contributed by atoms with van der Waals surface area (Å²) in [5, 5.41) is 26.8. The zero-order chi connectivity index (χ0) is 20.6. The Morgan fingerprint density at radius 1 is 1.36 bits per heavy atom. The summed E-state index contributed by atoms with van der Waals surface area (Å²) in [5.41, 5.74) is 0.140. The maximum atomic E-state index is 13.0. The Labute approximate surface area is 161 Å². The molecule has 0 saturated heterocycles. The van der Waals surface area contributed by atoms with Crippen LogP contribution in [0.25, 0.3) is 11.7 Å².